The van der Waals surface area contributed by atoms with E-state index in [4.69, 9.17) is 11.6 Å². The van der Waals surface area contributed by atoms with Gasteiger partial charge in [-0.2, -0.15) is 5.10 Å². The van der Waals surface area contributed by atoms with Crippen LogP contribution in [-0.4, -0.2) is 36.9 Å². The van der Waals surface area contributed by atoms with Crippen LogP contribution in [0, 0.1) is 0 Å². The van der Waals surface area contributed by atoms with Gasteiger partial charge in [0.15, 0.2) is 10.8 Å². The maximum absolute atomic E-state index is 12.6. The number of hydrogen-bond acceptors (Lipinski definition) is 5. The molecule has 3 aromatic rings. The number of fused-ring (bicyclic) bond motifs is 1. The lowest BCUT2D eigenvalue weighted by atomic mass is 9.95. The van der Waals surface area contributed by atoms with E-state index >= 15 is 0 Å². The molecule has 0 unspecified atom stereocenters. The van der Waals surface area contributed by atoms with E-state index in [0.717, 1.165) is 25.7 Å². The van der Waals surface area contributed by atoms with Crippen molar-refractivity contribution in [2.75, 3.05) is 0 Å². The van der Waals surface area contributed by atoms with Gasteiger partial charge >= 0.3 is 0 Å². The summed E-state index contributed by atoms with van der Waals surface area (Å²) in [6.07, 6.45) is 7.10. The third kappa shape index (κ3) is 4.48. The number of nitrogens with one attached hydrogen (secondary N) is 2. The van der Waals surface area contributed by atoms with Crippen molar-refractivity contribution < 1.29 is 4.79 Å². The van der Waals surface area contributed by atoms with Crippen LogP contribution < -0.4 is 10.9 Å². The Balaban J connectivity index is 1.57. The summed E-state index contributed by atoms with van der Waals surface area (Å²) in [7, 11) is 0. The van der Waals surface area contributed by atoms with Crippen LogP contribution in [0.5, 0.6) is 0 Å². The SMILES string of the molecule is C[C@@H](Sc1nc2c(cnn2-c2cccc(Cl)c2)c(=O)[nH]1)C(=O)NC1CCCCC1. The summed E-state index contributed by atoms with van der Waals surface area (Å²) in [5, 5.41) is 8.37. The number of rotatable bonds is 5. The Morgan fingerprint density at radius 2 is 2.14 bits per heavy atom. The van der Waals surface area contributed by atoms with Gasteiger partial charge in [0.25, 0.3) is 5.56 Å². The van der Waals surface area contributed by atoms with Crippen LogP contribution in [0.4, 0.5) is 0 Å². The number of carbonyl (C=O) groups is 1. The molecule has 0 radical (unpaired) electrons. The maximum atomic E-state index is 12.6. The van der Waals surface area contributed by atoms with Crippen LogP contribution in [-0.2, 0) is 4.79 Å². The zero-order valence-corrected chi connectivity index (χ0v) is 17.6. The van der Waals surface area contributed by atoms with Gasteiger partial charge in [0.05, 0.1) is 17.1 Å². The summed E-state index contributed by atoms with van der Waals surface area (Å²) in [5.74, 6) is -0.0343. The number of aromatic nitrogens is 4. The topological polar surface area (TPSA) is 92.7 Å². The first-order chi connectivity index (χ1) is 14.0. The van der Waals surface area contributed by atoms with Crippen LogP contribution in [0.25, 0.3) is 16.7 Å². The minimum absolute atomic E-state index is 0.0343. The summed E-state index contributed by atoms with van der Waals surface area (Å²) < 4.78 is 1.58. The van der Waals surface area contributed by atoms with Gasteiger partial charge < -0.3 is 10.3 Å². The maximum Gasteiger partial charge on any atom is 0.262 e. The van der Waals surface area contributed by atoms with E-state index in [0.29, 0.717) is 26.9 Å². The number of hydrogen-bond donors (Lipinski definition) is 2. The lowest BCUT2D eigenvalue weighted by molar-refractivity contribution is -0.121. The summed E-state index contributed by atoms with van der Waals surface area (Å²) in [4.78, 5) is 32.4. The Morgan fingerprint density at radius 3 is 2.90 bits per heavy atom. The van der Waals surface area contributed by atoms with Crippen molar-refractivity contribution in [1.29, 1.82) is 0 Å². The van der Waals surface area contributed by atoms with E-state index < -0.39 is 0 Å². The van der Waals surface area contributed by atoms with Gasteiger partial charge in [0.1, 0.15) is 5.39 Å². The average molecular weight is 432 g/mol. The second-order valence-electron chi connectivity index (χ2n) is 7.25. The van der Waals surface area contributed by atoms with Crippen LogP contribution >= 0.6 is 23.4 Å². The molecule has 1 saturated carbocycles. The predicted octanol–water partition coefficient (Wildman–Crippen LogP) is 3.69. The Bertz CT molecular complexity index is 1090. The van der Waals surface area contributed by atoms with Crippen molar-refractivity contribution in [1.82, 2.24) is 25.1 Å². The fourth-order valence-electron chi connectivity index (χ4n) is 3.54. The molecule has 2 N–H and O–H groups in total. The number of carbonyl (C=O) groups excluding carboxylic acids is 1. The molecule has 2 heterocycles. The molecule has 0 spiro atoms. The standard InChI is InChI=1S/C20H22ClN5O2S/c1-12(18(27)23-14-7-3-2-4-8-14)29-20-24-17-16(19(28)25-20)11-22-26(17)15-9-5-6-13(21)10-15/h5-6,9-12,14H,2-4,7-8H2,1H3,(H,23,27)(H,24,25,28)/t12-/m1/s1. The fraction of sp³-hybridized carbons (Fsp3) is 0.400. The lowest BCUT2D eigenvalue weighted by Crippen LogP contribution is -2.40. The zero-order chi connectivity index (χ0) is 20.4. The van der Waals surface area contributed by atoms with Crippen LogP contribution in [0.3, 0.4) is 0 Å². The number of H-pyrrole nitrogens is 1. The number of aromatic amines is 1. The molecule has 0 aliphatic heterocycles. The first-order valence-electron chi connectivity index (χ1n) is 9.72. The highest BCUT2D eigenvalue weighted by atomic mass is 35.5. The average Bonchev–Trinajstić information content (AvgIpc) is 3.13. The highest BCUT2D eigenvalue weighted by molar-refractivity contribution is 8.00. The first kappa shape index (κ1) is 20.0. The van der Waals surface area contributed by atoms with Crippen LogP contribution in [0.1, 0.15) is 39.0 Å². The van der Waals surface area contributed by atoms with Crippen molar-refractivity contribution in [2.45, 2.75) is 55.5 Å². The van der Waals surface area contributed by atoms with Gasteiger partial charge in [0, 0.05) is 11.1 Å². The Labute approximate surface area is 177 Å². The van der Waals surface area contributed by atoms with E-state index in [-0.39, 0.29) is 22.8 Å². The molecular weight excluding hydrogens is 410 g/mol. The molecule has 4 rings (SSSR count). The van der Waals surface area contributed by atoms with E-state index in [1.807, 2.05) is 19.1 Å². The van der Waals surface area contributed by atoms with Crippen molar-refractivity contribution in [3.05, 3.63) is 45.8 Å². The molecule has 7 nitrogen and oxygen atoms in total. The molecule has 2 aromatic heterocycles. The minimum Gasteiger partial charge on any atom is -0.352 e. The highest BCUT2D eigenvalue weighted by Gasteiger charge is 2.22. The van der Waals surface area contributed by atoms with Crippen molar-refractivity contribution in [3.8, 4) is 5.69 Å². The first-order valence-corrected chi connectivity index (χ1v) is 11.0. The predicted molar refractivity (Wildman–Crippen MR) is 115 cm³/mol. The fourth-order valence-corrected chi connectivity index (χ4v) is 4.52. The molecule has 9 heteroatoms. The van der Waals surface area contributed by atoms with E-state index in [1.165, 1.54) is 24.4 Å². The molecule has 1 aromatic carbocycles. The highest BCUT2D eigenvalue weighted by Crippen LogP contribution is 2.23. The van der Waals surface area contributed by atoms with E-state index in [2.05, 4.69) is 20.4 Å². The minimum atomic E-state index is -0.375. The molecule has 1 atom stereocenters. The normalized spacial score (nSPS) is 16.1. The quantitative estimate of drug-likeness (QED) is 0.474. The Kier molecular flexibility index (Phi) is 5.91. The molecule has 29 heavy (non-hydrogen) atoms. The largest absolute Gasteiger partial charge is 0.352 e. The molecule has 1 aliphatic rings. The van der Waals surface area contributed by atoms with Gasteiger partial charge in [0.2, 0.25) is 5.91 Å². The Hall–Kier alpha value is -2.32. The van der Waals surface area contributed by atoms with Gasteiger partial charge in [-0.3, -0.25) is 9.59 Å². The van der Waals surface area contributed by atoms with E-state index in [9.17, 15) is 9.59 Å². The summed E-state index contributed by atoms with van der Waals surface area (Å²) in [6, 6.07) is 7.42. The van der Waals surface area contributed by atoms with E-state index in [1.54, 1.807) is 16.8 Å². The number of thioether (sulfide) groups is 1. The molecule has 0 bridgehead atoms. The number of nitrogens with zero attached hydrogens (tertiary/aromatic N) is 3. The summed E-state index contributed by atoms with van der Waals surface area (Å²) >= 11 is 7.31. The van der Waals surface area contributed by atoms with Gasteiger partial charge in [-0.05, 0) is 38.0 Å². The third-order valence-electron chi connectivity index (χ3n) is 5.08. The molecule has 1 fully saturated rings. The lowest BCUT2D eigenvalue weighted by Gasteiger charge is -2.24. The van der Waals surface area contributed by atoms with Crippen molar-refractivity contribution in [2.24, 2.45) is 0 Å². The molecular formula is C20H22ClN5O2S. The molecule has 152 valence electrons. The van der Waals surface area contributed by atoms with Crippen LogP contribution in [0.15, 0.2) is 40.4 Å². The number of amides is 1. The monoisotopic (exact) mass is 431 g/mol. The number of benzene rings is 1. The second-order valence-corrected chi connectivity index (χ2v) is 9.01. The van der Waals surface area contributed by atoms with Gasteiger partial charge in [-0.25, -0.2) is 9.67 Å². The third-order valence-corrected chi connectivity index (χ3v) is 6.30. The van der Waals surface area contributed by atoms with Gasteiger partial charge in [-0.15, -0.1) is 0 Å². The van der Waals surface area contributed by atoms with Crippen molar-refractivity contribution >= 4 is 40.3 Å². The smallest absolute Gasteiger partial charge is 0.262 e. The van der Waals surface area contributed by atoms with Crippen LogP contribution in [0.2, 0.25) is 5.02 Å². The molecule has 1 amide bonds. The molecule has 1 aliphatic carbocycles. The molecule has 0 saturated heterocycles. The number of halogens is 1. The Morgan fingerprint density at radius 1 is 1.34 bits per heavy atom. The second kappa shape index (κ2) is 8.59. The van der Waals surface area contributed by atoms with Gasteiger partial charge in [-0.1, -0.05) is 48.7 Å². The summed E-state index contributed by atoms with van der Waals surface area (Å²) in [6.45, 7) is 1.82. The summed E-state index contributed by atoms with van der Waals surface area (Å²) in [5.41, 5.74) is 0.855. The van der Waals surface area contributed by atoms with Crippen molar-refractivity contribution in [3.63, 3.8) is 0 Å². The zero-order valence-electron chi connectivity index (χ0n) is 16.0.